The molecule has 6 nitrogen and oxygen atoms in total. The fourth-order valence-electron chi connectivity index (χ4n) is 3.84. The van der Waals surface area contributed by atoms with E-state index in [0.717, 1.165) is 17.7 Å². The highest BCUT2D eigenvalue weighted by Gasteiger charge is 2.38. The molecule has 148 valence electrons. The molecule has 0 spiro atoms. The van der Waals surface area contributed by atoms with Crippen molar-refractivity contribution < 1.29 is 19.4 Å². The van der Waals surface area contributed by atoms with Gasteiger partial charge in [0.2, 0.25) is 0 Å². The molecule has 1 fully saturated rings. The van der Waals surface area contributed by atoms with Crippen molar-refractivity contribution in [2.75, 3.05) is 20.2 Å². The van der Waals surface area contributed by atoms with E-state index < -0.39 is 5.97 Å². The van der Waals surface area contributed by atoms with Crippen LogP contribution in [0.3, 0.4) is 0 Å². The number of urea groups is 1. The van der Waals surface area contributed by atoms with Crippen LogP contribution in [-0.2, 0) is 4.79 Å². The number of carbonyl (C=O) groups is 2. The van der Waals surface area contributed by atoms with Crippen LogP contribution in [0.15, 0.2) is 54.6 Å². The van der Waals surface area contributed by atoms with Gasteiger partial charge in [0.15, 0.2) is 0 Å². The van der Waals surface area contributed by atoms with Crippen LogP contribution in [0.1, 0.15) is 42.3 Å². The Morgan fingerprint density at radius 3 is 2.61 bits per heavy atom. The number of carbonyl (C=O) groups excluding carboxylic acids is 1. The van der Waals surface area contributed by atoms with Gasteiger partial charge in [-0.05, 0) is 36.1 Å². The maximum absolute atomic E-state index is 12.8. The van der Waals surface area contributed by atoms with Gasteiger partial charge in [0.25, 0.3) is 0 Å². The minimum atomic E-state index is -0.853. The molecular formula is C22H26N2O4. The number of rotatable bonds is 7. The molecule has 2 aromatic rings. The van der Waals surface area contributed by atoms with Crippen LogP contribution in [0.2, 0.25) is 0 Å². The summed E-state index contributed by atoms with van der Waals surface area (Å²) < 4.78 is 5.38. The van der Waals surface area contributed by atoms with E-state index in [1.165, 1.54) is 5.56 Å². The summed E-state index contributed by atoms with van der Waals surface area (Å²) in [4.78, 5) is 25.4. The zero-order valence-corrected chi connectivity index (χ0v) is 16.0. The molecule has 1 heterocycles. The number of carboxylic acid groups (broad SMARTS) is 1. The number of likely N-dealkylation sites (tertiary alicyclic amines) is 1. The second-order valence-corrected chi connectivity index (χ2v) is 6.95. The smallest absolute Gasteiger partial charge is 0.317 e. The van der Waals surface area contributed by atoms with E-state index in [4.69, 9.17) is 9.84 Å². The van der Waals surface area contributed by atoms with Gasteiger partial charge < -0.3 is 20.1 Å². The first-order chi connectivity index (χ1) is 13.6. The van der Waals surface area contributed by atoms with Gasteiger partial charge in [-0.3, -0.25) is 4.79 Å². The molecule has 6 heteroatoms. The Balaban J connectivity index is 1.82. The molecule has 0 bridgehead atoms. The number of nitrogens with one attached hydrogen (secondary N) is 1. The van der Waals surface area contributed by atoms with Gasteiger partial charge in [0.1, 0.15) is 5.75 Å². The maximum Gasteiger partial charge on any atom is 0.317 e. The SMILES string of the molecule is COc1cccc(C2C(c3ccccc3)CCN2C(=O)NCCCC(=O)O)c1. The predicted octanol–water partition coefficient (Wildman–Crippen LogP) is 3.80. The molecule has 2 aromatic carbocycles. The van der Waals surface area contributed by atoms with Crippen LogP contribution in [0, 0.1) is 0 Å². The first-order valence-electron chi connectivity index (χ1n) is 9.55. The van der Waals surface area contributed by atoms with E-state index in [2.05, 4.69) is 17.4 Å². The third-order valence-electron chi connectivity index (χ3n) is 5.17. The lowest BCUT2D eigenvalue weighted by Gasteiger charge is -2.29. The van der Waals surface area contributed by atoms with Gasteiger partial charge in [-0.2, -0.15) is 0 Å². The predicted molar refractivity (Wildman–Crippen MR) is 107 cm³/mol. The number of aliphatic carboxylic acids is 1. The molecule has 1 aliphatic rings. The van der Waals surface area contributed by atoms with Gasteiger partial charge in [-0.1, -0.05) is 42.5 Å². The fourth-order valence-corrected chi connectivity index (χ4v) is 3.84. The number of nitrogens with zero attached hydrogens (tertiary/aromatic N) is 1. The molecule has 3 rings (SSSR count). The summed E-state index contributed by atoms with van der Waals surface area (Å²) in [5, 5.41) is 11.6. The van der Waals surface area contributed by atoms with E-state index >= 15 is 0 Å². The fraction of sp³-hybridized carbons (Fsp3) is 0.364. The standard InChI is InChI=1S/C22H26N2O4/c1-28-18-10-5-9-17(15-18)21-19(16-7-3-2-4-8-16)12-14-24(21)22(27)23-13-6-11-20(25)26/h2-5,7-10,15,19,21H,6,11-14H2,1H3,(H,23,27)(H,25,26). The van der Waals surface area contributed by atoms with Crippen molar-refractivity contribution in [2.45, 2.75) is 31.2 Å². The molecule has 2 N–H and O–H groups in total. The number of carboxylic acids is 1. The van der Waals surface area contributed by atoms with Crippen molar-refractivity contribution in [1.29, 1.82) is 0 Å². The summed E-state index contributed by atoms with van der Waals surface area (Å²) in [5.74, 6) is 0.102. The quantitative estimate of drug-likeness (QED) is 0.714. The Hall–Kier alpha value is -3.02. The average Bonchev–Trinajstić information content (AvgIpc) is 3.17. The van der Waals surface area contributed by atoms with Crippen molar-refractivity contribution in [3.05, 3.63) is 65.7 Å². The number of ether oxygens (including phenoxy) is 1. The summed E-state index contributed by atoms with van der Waals surface area (Å²) in [6, 6.07) is 17.8. The summed E-state index contributed by atoms with van der Waals surface area (Å²) in [5.41, 5.74) is 2.24. The first-order valence-corrected chi connectivity index (χ1v) is 9.55. The zero-order chi connectivity index (χ0) is 19.9. The maximum atomic E-state index is 12.8. The highest BCUT2D eigenvalue weighted by atomic mass is 16.5. The molecule has 0 saturated carbocycles. The van der Waals surface area contributed by atoms with Gasteiger partial charge in [0, 0.05) is 25.4 Å². The second-order valence-electron chi connectivity index (χ2n) is 6.95. The van der Waals surface area contributed by atoms with Crippen molar-refractivity contribution in [3.63, 3.8) is 0 Å². The van der Waals surface area contributed by atoms with E-state index in [9.17, 15) is 9.59 Å². The van der Waals surface area contributed by atoms with Crippen LogP contribution in [0.25, 0.3) is 0 Å². The Kier molecular flexibility index (Phi) is 6.53. The number of hydrogen-bond donors (Lipinski definition) is 2. The summed E-state index contributed by atoms with van der Waals surface area (Å²) >= 11 is 0. The molecular weight excluding hydrogens is 356 g/mol. The van der Waals surface area contributed by atoms with E-state index in [0.29, 0.717) is 19.5 Å². The first kappa shape index (κ1) is 19.7. The van der Waals surface area contributed by atoms with E-state index in [1.807, 2.05) is 47.4 Å². The third-order valence-corrected chi connectivity index (χ3v) is 5.17. The molecule has 0 aliphatic carbocycles. The topological polar surface area (TPSA) is 78.9 Å². The Morgan fingerprint density at radius 1 is 1.14 bits per heavy atom. The molecule has 0 aromatic heterocycles. The van der Waals surface area contributed by atoms with Crippen LogP contribution in [-0.4, -0.2) is 42.2 Å². The summed E-state index contributed by atoms with van der Waals surface area (Å²) in [6.07, 6.45) is 1.33. The average molecular weight is 382 g/mol. The van der Waals surface area contributed by atoms with Gasteiger partial charge in [-0.25, -0.2) is 4.79 Å². The van der Waals surface area contributed by atoms with Crippen LogP contribution in [0.5, 0.6) is 5.75 Å². The molecule has 2 atom stereocenters. The highest BCUT2D eigenvalue weighted by molar-refractivity contribution is 5.75. The van der Waals surface area contributed by atoms with Gasteiger partial charge in [-0.15, -0.1) is 0 Å². The van der Waals surface area contributed by atoms with Crippen LogP contribution < -0.4 is 10.1 Å². The monoisotopic (exact) mass is 382 g/mol. The lowest BCUT2D eigenvalue weighted by molar-refractivity contribution is -0.137. The molecule has 0 radical (unpaired) electrons. The lowest BCUT2D eigenvalue weighted by Crippen LogP contribution is -2.40. The molecule has 1 saturated heterocycles. The van der Waals surface area contributed by atoms with E-state index in [-0.39, 0.29) is 24.4 Å². The summed E-state index contributed by atoms with van der Waals surface area (Å²) in [6.45, 7) is 0.995. The van der Waals surface area contributed by atoms with Gasteiger partial charge in [0.05, 0.1) is 13.2 Å². The Bertz CT molecular complexity index is 809. The lowest BCUT2D eigenvalue weighted by atomic mass is 9.87. The Morgan fingerprint density at radius 2 is 1.89 bits per heavy atom. The number of benzene rings is 2. The minimum Gasteiger partial charge on any atom is -0.497 e. The van der Waals surface area contributed by atoms with Crippen molar-refractivity contribution in [3.8, 4) is 5.75 Å². The Labute approximate surface area is 165 Å². The molecule has 1 aliphatic heterocycles. The summed E-state index contributed by atoms with van der Waals surface area (Å²) in [7, 11) is 1.63. The van der Waals surface area contributed by atoms with Crippen molar-refractivity contribution in [2.24, 2.45) is 0 Å². The van der Waals surface area contributed by atoms with Crippen LogP contribution >= 0.6 is 0 Å². The number of hydrogen-bond acceptors (Lipinski definition) is 3. The molecule has 2 unspecified atom stereocenters. The number of methoxy groups -OCH3 is 1. The highest BCUT2D eigenvalue weighted by Crippen LogP contribution is 2.44. The van der Waals surface area contributed by atoms with Gasteiger partial charge >= 0.3 is 12.0 Å². The second kappa shape index (κ2) is 9.26. The normalized spacial score (nSPS) is 18.7. The zero-order valence-electron chi connectivity index (χ0n) is 16.0. The van der Waals surface area contributed by atoms with Crippen molar-refractivity contribution in [1.82, 2.24) is 10.2 Å². The third kappa shape index (κ3) is 4.63. The largest absolute Gasteiger partial charge is 0.497 e. The number of amides is 2. The molecule has 28 heavy (non-hydrogen) atoms. The van der Waals surface area contributed by atoms with Crippen molar-refractivity contribution >= 4 is 12.0 Å². The minimum absolute atomic E-state index is 0.0479. The molecule has 2 amide bonds. The van der Waals surface area contributed by atoms with Crippen LogP contribution in [0.4, 0.5) is 4.79 Å². The van der Waals surface area contributed by atoms with E-state index in [1.54, 1.807) is 7.11 Å².